The van der Waals surface area contributed by atoms with Gasteiger partial charge in [-0.2, -0.15) is 5.26 Å². The van der Waals surface area contributed by atoms with Crippen LogP contribution in [0.1, 0.15) is 16.1 Å². The van der Waals surface area contributed by atoms with E-state index < -0.39 is 0 Å². The molecule has 1 heterocycles. The Bertz CT molecular complexity index is 601. The maximum atomic E-state index is 12.3. The van der Waals surface area contributed by atoms with Gasteiger partial charge in [0.25, 0.3) is 5.91 Å². The highest BCUT2D eigenvalue weighted by Crippen LogP contribution is 2.14. The molecule has 0 unspecified atom stereocenters. The third-order valence-corrected chi connectivity index (χ3v) is 3.10. The van der Waals surface area contributed by atoms with Crippen LogP contribution in [0.3, 0.4) is 0 Å². The van der Waals surface area contributed by atoms with E-state index in [4.69, 9.17) is 5.26 Å². The van der Waals surface area contributed by atoms with Crippen molar-refractivity contribution in [2.24, 2.45) is 0 Å². The number of amides is 1. The molecule has 0 saturated carbocycles. The van der Waals surface area contributed by atoms with Gasteiger partial charge in [0.05, 0.1) is 6.07 Å². The second-order valence-corrected chi connectivity index (χ2v) is 4.95. The van der Waals surface area contributed by atoms with Crippen LogP contribution in [0.25, 0.3) is 0 Å². The fourth-order valence-corrected chi connectivity index (χ4v) is 2.09. The summed E-state index contributed by atoms with van der Waals surface area (Å²) in [6.07, 6.45) is 1.69. The van der Waals surface area contributed by atoms with E-state index in [-0.39, 0.29) is 12.5 Å². The zero-order chi connectivity index (χ0) is 13.7. The number of hydrogen-bond acceptors (Lipinski definition) is 2. The van der Waals surface area contributed by atoms with Crippen LogP contribution in [0.2, 0.25) is 0 Å². The molecule has 0 aliphatic carbocycles. The van der Waals surface area contributed by atoms with E-state index in [0.29, 0.717) is 12.2 Å². The van der Waals surface area contributed by atoms with Crippen LogP contribution in [0, 0.1) is 11.3 Å². The Morgan fingerprint density at radius 1 is 1.37 bits per heavy atom. The summed E-state index contributed by atoms with van der Waals surface area (Å²) in [4.78, 5) is 16.7. The monoisotopic (exact) mass is 317 g/mol. The Morgan fingerprint density at radius 3 is 2.68 bits per heavy atom. The lowest BCUT2D eigenvalue weighted by atomic mass is 10.2. The zero-order valence-electron chi connectivity index (χ0n) is 10.1. The van der Waals surface area contributed by atoms with Crippen molar-refractivity contribution in [3.8, 4) is 6.07 Å². The number of aromatic amines is 1. The summed E-state index contributed by atoms with van der Waals surface area (Å²) in [5, 5.41) is 8.85. The Kier molecular flexibility index (Phi) is 4.37. The predicted molar refractivity (Wildman–Crippen MR) is 75.3 cm³/mol. The van der Waals surface area contributed by atoms with E-state index in [2.05, 4.69) is 20.9 Å². The topological polar surface area (TPSA) is 59.9 Å². The van der Waals surface area contributed by atoms with Crippen molar-refractivity contribution in [1.29, 1.82) is 5.26 Å². The van der Waals surface area contributed by atoms with Crippen LogP contribution in [0.4, 0.5) is 0 Å². The zero-order valence-corrected chi connectivity index (χ0v) is 11.7. The molecule has 0 saturated heterocycles. The minimum absolute atomic E-state index is 0.0599. The summed E-state index contributed by atoms with van der Waals surface area (Å²) in [6, 6.07) is 13.3. The van der Waals surface area contributed by atoms with E-state index in [1.54, 1.807) is 12.3 Å². The van der Waals surface area contributed by atoms with Gasteiger partial charge in [-0.25, -0.2) is 0 Å². The van der Waals surface area contributed by atoms with Gasteiger partial charge >= 0.3 is 0 Å². The molecule has 0 aliphatic heterocycles. The highest BCUT2D eigenvalue weighted by Gasteiger charge is 2.17. The first-order chi connectivity index (χ1) is 9.20. The van der Waals surface area contributed by atoms with E-state index in [9.17, 15) is 4.79 Å². The van der Waals surface area contributed by atoms with Crippen molar-refractivity contribution >= 4 is 21.8 Å². The highest BCUT2D eigenvalue weighted by molar-refractivity contribution is 9.10. The average Bonchev–Trinajstić information content (AvgIpc) is 2.85. The third-order valence-electron chi connectivity index (χ3n) is 2.64. The second kappa shape index (κ2) is 6.21. The molecule has 0 radical (unpaired) electrons. The van der Waals surface area contributed by atoms with Crippen molar-refractivity contribution in [1.82, 2.24) is 9.88 Å². The maximum absolute atomic E-state index is 12.3. The van der Waals surface area contributed by atoms with Crippen molar-refractivity contribution in [3.63, 3.8) is 0 Å². The Labute approximate surface area is 119 Å². The standard InChI is InChI=1S/C14H12BrN3O/c15-12-8-13(17-9-12)14(19)18(7-6-16)10-11-4-2-1-3-5-11/h1-5,8-9,17H,7,10H2. The molecule has 1 aromatic heterocycles. The van der Waals surface area contributed by atoms with Crippen LogP contribution >= 0.6 is 15.9 Å². The maximum Gasteiger partial charge on any atom is 0.271 e. The first-order valence-electron chi connectivity index (χ1n) is 5.75. The van der Waals surface area contributed by atoms with Gasteiger partial charge in [-0.1, -0.05) is 30.3 Å². The van der Waals surface area contributed by atoms with Gasteiger partial charge in [0.15, 0.2) is 0 Å². The molecule has 0 spiro atoms. The number of hydrogen-bond donors (Lipinski definition) is 1. The lowest BCUT2D eigenvalue weighted by Gasteiger charge is -2.18. The molecule has 0 bridgehead atoms. The van der Waals surface area contributed by atoms with Crippen molar-refractivity contribution in [2.45, 2.75) is 6.54 Å². The number of halogens is 1. The number of benzene rings is 1. The van der Waals surface area contributed by atoms with Crippen molar-refractivity contribution in [2.75, 3.05) is 6.54 Å². The lowest BCUT2D eigenvalue weighted by molar-refractivity contribution is 0.0760. The molecule has 96 valence electrons. The highest BCUT2D eigenvalue weighted by atomic mass is 79.9. The van der Waals surface area contributed by atoms with E-state index in [1.165, 1.54) is 4.90 Å². The van der Waals surface area contributed by atoms with Crippen LogP contribution in [0.15, 0.2) is 47.1 Å². The molecular formula is C14H12BrN3O. The molecule has 1 N–H and O–H groups in total. The van der Waals surface area contributed by atoms with E-state index in [1.807, 2.05) is 36.4 Å². The predicted octanol–water partition coefficient (Wildman–Crippen LogP) is 2.94. The summed E-state index contributed by atoms with van der Waals surface area (Å²) >= 11 is 3.29. The number of nitrogens with one attached hydrogen (secondary N) is 1. The molecule has 4 nitrogen and oxygen atoms in total. The van der Waals surface area contributed by atoms with Gasteiger partial charge in [-0.15, -0.1) is 0 Å². The minimum atomic E-state index is -0.184. The first kappa shape index (κ1) is 13.4. The molecule has 19 heavy (non-hydrogen) atoms. The molecule has 0 aliphatic rings. The molecule has 2 rings (SSSR count). The van der Waals surface area contributed by atoms with E-state index in [0.717, 1.165) is 10.0 Å². The van der Waals surface area contributed by atoms with Crippen molar-refractivity contribution < 1.29 is 4.79 Å². The van der Waals surface area contributed by atoms with Crippen LogP contribution < -0.4 is 0 Å². The number of rotatable bonds is 4. The van der Waals surface area contributed by atoms with Gasteiger partial charge in [0.2, 0.25) is 0 Å². The molecule has 1 aromatic carbocycles. The summed E-state index contributed by atoms with van der Waals surface area (Å²) in [5.41, 5.74) is 1.47. The third kappa shape index (κ3) is 3.46. The van der Waals surface area contributed by atoms with Crippen LogP contribution in [-0.2, 0) is 6.54 Å². The fraction of sp³-hybridized carbons (Fsp3) is 0.143. The summed E-state index contributed by atoms with van der Waals surface area (Å²) in [5.74, 6) is -0.184. The van der Waals surface area contributed by atoms with Gasteiger partial charge < -0.3 is 9.88 Å². The summed E-state index contributed by atoms with van der Waals surface area (Å²) < 4.78 is 0.812. The van der Waals surface area contributed by atoms with E-state index >= 15 is 0 Å². The number of carbonyl (C=O) groups excluding carboxylic acids is 1. The normalized spacial score (nSPS) is 9.89. The number of H-pyrrole nitrogens is 1. The molecular weight excluding hydrogens is 306 g/mol. The molecule has 0 atom stereocenters. The molecule has 5 heteroatoms. The Morgan fingerprint density at radius 2 is 2.11 bits per heavy atom. The van der Waals surface area contributed by atoms with Crippen LogP contribution in [0.5, 0.6) is 0 Å². The molecule has 1 amide bonds. The van der Waals surface area contributed by atoms with Crippen LogP contribution in [-0.4, -0.2) is 22.3 Å². The number of carbonyl (C=O) groups is 1. The van der Waals surface area contributed by atoms with Gasteiger partial charge in [-0.3, -0.25) is 4.79 Å². The average molecular weight is 318 g/mol. The summed E-state index contributed by atoms with van der Waals surface area (Å²) in [6.45, 7) is 0.480. The minimum Gasteiger partial charge on any atom is -0.356 e. The number of aromatic nitrogens is 1. The Hall–Kier alpha value is -2.06. The number of nitrogens with zero attached hydrogens (tertiary/aromatic N) is 2. The van der Waals surface area contributed by atoms with Gasteiger partial charge in [0.1, 0.15) is 12.2 Å². The van der Waals surface area contributed by atoms with Crippen molar-refractivity contribution in [3.05, 3.63) is 58.3 Å². The van der Waals surface area contributed by atoms with Gasteiger partial charge in [0, 0.05) is 17.2 Å². The first-order valence-corrected chi connectivity index (χ1v) is 6.54. The fourth-order valence-electron chi connectivity index (χ4n) is 1.75. The largest absolute Gasteiger partial charge is 0.356 e. The Balaban J connectivity index is 2.16. The SMILES string of the molecule is N#CCN(Cc1ccccc1)C(=O)c1cc(Br)c[nH]1. The molecule has 2 aromatic rings. The van der Waals surface area contributed by atoms with Gasteiger partial charge in [-0.05, 0) is 27.6 Å². The lowest BCUT2D eigenvalue weighted by Crippen LogP contribution is -2.31. The summed E-state index contributed by atoms with van der Waals surface area (Å²) in [7, 11) is 0. The smallest absolute Gasteiger partial charge is 0.271 e. The molecule has 0 fully saturated rings. The number of nitriles is 1. The second-order valence-electron chi connectivity index (χ2n) is 4.04. The quantitative estimate of drug-likeness (QED) is 0.881.